The van der Waals surface area contributed by atoms with Gasteiger partial charge in [0.2, 0.25) is 5.91 Å². The Hall–Kier alpha value is -0.220. The van der Waals surface area contributed by atoms with Crippen LogP contribution in [0.4, 0.5) is 0 Å². The first-order valence-electron chi connectivity index (χ1n) is 6.83. The first-order valence-corrected chi connectivity index (χ1v) is 7.88. The fourth-order valence-corrected chi connectivity index (χ4v) is 4.07. The van der Waals surface area contributed by atoms with Crippen molar-refractivity contribution >= 4 is 17.7 Å². The highest BCUT2D eigenvalue weighted by atomic mass is 32.2. The number of thioether (sulfide) groups is 1. The second-order valence-electron chi connectivity index (χ2n) is 5.34. The lowest BCUT2D eigenvalue weighted by molar-refractivity contribution is -0.126. The van der Waals surface area contributed by atoms with Crippen LogP contribution in [0.15, 0.2) is 0 Å². The predicted molar refractivity (Wildman–Crippen MR) is 73.2 cm³/mol. The minimum atomic E-state index is 0.188. The lowest BCUT2D eigenvalue weighted by Crippen LogP contribution is -2.40. The molecule has 0 aromatic heterocycles. The summed E-state index contributed by atoms with van der Waals surface area (Å²) < 4.78 is 0. The molecule has 2 unspecified atom stereocenters. The summed E-state index contributed by atoms with van der Waals surface area (Å²) >= 11 is 2.04. The average molecular weight is 256 g/mol. The number of hydrogen-bond acceptors (Lipinski definition) is 3. The summed E-state index contributed by atoms with van der Waals surface area (Å²) in [5.41, 5.74) is 0. The van der Waals surface area contributed by atoms with Gasteiger partial charge in [-0.2, -0.15) is 11.8 Å². The van der Waals surface area contributed by atoms with Gasteiger partial charge < -0.3 is 10.6 Å². The molecule has 0 aromatic carbocycles. The van der Waals surface area contributed by atoms with Gasteiger partial charge in [0.15, 0.2) is 0 Å². The van der Waals surface area contributed by atoms with Crippen LogP contribution < -0.4 is 10.6 Å². The highest BCUT2D eigenvalue weighted by Crippen LogP contribution is 2.30. The van der Waals surface area contributed by atoms with E-state index in [0.29, 0.717) is 12.0 Å². The van der Waals surface area contributed by atoms with E-state index in [2.05, 4.69) is 24.5 Å². The molecule has 98 valence electrons. The van der Waals surface area contributed by atoms with E-state index in [9.17, 15) is 4.79 Å². The summed E-state index contributed by atoms with van der Waals surface area (Å²) in [6.07, 6.45) is 3.60. The van der Waals surface area contributed by atoms with Gasteiger partial charge in [0.1, 0.15) is 0 Å². The maximum Gasteiger partial charge on any atom is 0.224 e. The minimum absolute atomic E-state index is 0.188. The van der Waals surface area contributed by atoms with E-state index in [-0.39, 0.29) is 11.8 Å². The Morgan fingerprint density at radius 2 is 2.24 bits per heavy atom. The second-order valence-corrected chi connectivity index (χ2v) is 6.92. The molecule has 1 aliphatic carbocycles. The van der Waals surface area contributed by atoms with E-state index >= 15 is 0 Å². The summed E-state index contributed by atoms with van der Waals surface area (Å²) in [4.78, 5) is 12.1. The minimum Gasteiger partial charge on any atom is -0.353 e. The van der Waals surface area contributed by atoms with Gasteiger partial charge in [-0.3, -0.25) is 4.79 Å². The fourth-order valence-electron chi connectivity index (χ4n) is 2.93. The normalized spacial score (nSPS) is 37.3. The number of carbonyl (C=O) groups excluding carboxylic acids is 1. The molecule has 1 aliphatic heterocycles. The summed E-state index contributed by atoms with van der Waals surface area (Å²) in [5, 5.41) is 7.31. The Morgan fingerprint density at radius 3 is 2.88 bits per heavy atom. The van der Waals surface area contributed by atoms with E-state index in [1.165, 1.54) is 18.6 Å². The lowest BCUT2D eigenvalue weighted by atomic mass is 9.97. The number of amides is 1. The molecule has 1 heterocycles. The third-order valence-electron chi connectivity index (χ3n) is 3.99. The zero-order chi connectivity index (χ0) is 12.3. The van der Waals surface area contributed by atoms with E-state index in [4.69, 9.17) is 0 Å². The van der Waals surface area contributed by atoms with Gasteiger partial charge in [-0.25, -0.2) is 0 Å². The third-order valence-corrected chi connectivity index (χ3v) is 5.22. The Kier molecular flexibility index (Phi) is 4.74. The molecule has 0 radical (unpaired) electrons. The molecule has 0 spiro atoms. The summed E-state index contributed by atoms with van der Waals surface area (Å²) in [7, 11) is 0. The molecular formula is C13H24N2OS. The lowest BCUT2D eigenvalue weighted by Gasteiger charge is -2.18. The van der Waals surface area contributed by atoms with Crippen molar-refractivity contribution in [1.29, 1.82) is 0 Å². The van der Waals surface area contributed by atoms with Gasteiger partial charge in [-0.15, -0.1) is 0 Å². The van der Waals surface area contributed by atoms with Crippen LogP contribution in [0.2, 0.25) is 0 Å². The SMILES string of the molecule is CCSC1CCC(NC(=O)[C@@H]2CNC[C@H]2C)C1. The first kappa shape index (κ1) is 13.2. The van der Waals surface area contributed by atoms with Gasteiger partial charge in [0.05, 0.1) is 5.92 Å². The maximum atomic E-state index is 12.1. The zero-order valence-corrected chi connectivity index (χ0v) is 11.7. The summed E-state index contributed by atoms with van der Waals surface area (Å²) in [6, 6.07) is 0.430. The Morgan fingerprint density at radius 1 is 1.41 bits per heavy atom. The Balaban J connectivity index is 1.76. The molecular weight excluding hydrogens is 232 g/mol. The second kappa shape index (κ2) is 6.10. The van der Waals surface area contributed by atoms with Crippen LogP contribution in [0.5, 0.6) is 0 Å². The van der Waals surface area contributed by atoms with Gasteiger partial charge in [-0.05, 0) is 37.5 Å². The monoisotopic (exact) mass is 256 g/mol. The van der Waals surface area contributed by atoms with Crippen LogP contribution in [0.3, 0.4) is 0 Å². The third kappa shape index (κ3) is 3.38. The smallest absolute Gasteiger partial charge is 0.224 e. The molecule has 4 atom stereocenters. The number of carbonyl (C=O) groups is 1. The molecule has 1 amide bonds. The van der Waals surface area contributed by atoms with Crippen LogP contribution in [0.25, 0.3) is 0 Å². The van der Waals surface area contributed by atoms with Crippen molar-refractivity contribution in [3.05, 3.63) is 0 Å². The largest absolute Gasteiger partial charge is 0.353 e. The molecule has 17 heavy (non-hydrogen) atoms. The van der Waals surface area contributed by atoms with Crippen LogP contribution in [0, 0.1) is 11.8 Å². The zero-order valence-electron chi connectivity index (χ0n) is 10.9. The summed E-state index contributed by atoms with van der Waals surface area (Å²) in [5.74, 6) is 2.13. The first-order chi connectivity index (χ1) is 8.20. The molecule has 1 saturated heterocycles. The van der Waals surface area contributed by atoms with Crippen LogP contribution in [-0.4, -0.2) is 36.0 Å². The fraction of sp³-hybridized carbons (Fsp3) is 0.923. The molecule has 2 aliphatic rings. The van der Waals surface area contributed by atoms with Gasteiger partial charge in [-0.1, -0.05) is 13.8 Å². The maximum absolute atomic E-state index is 12.1. The van der Waals surface area contributed by atoms with Gasteiger partial charge in [0.25, 0.3) is 0 Å². The van der Waals surface area contributed by atoms with Crippen molar-refractivity contribution in [3.8, 4) is 0 Å². The van der Waals surface area contributed by atoms with Crippen molar-refractivity contribution < 1.29 is 4.79 Å². The van der Waals surface area contributed by atoms with E-state index < -0.39 is 0 Å². The Labute approximate surface area is 108 Å². The van der Waals surface area contributed by atoms with Crippen molar-refractivity contribution in [2.75, 3.05) is 18.8 Å². The molecule has 4 heteroatoms. The highest BCUT2D eigenvalue weighted by molar-refractivity contribution is 7.99. The van der Waals surface area contributed by atoms with Crippen molar-refractivity contribution in [1.82, 2.24) is 10.6 Å². The summed E-state index contributed by atoms with van der Waals surface area (Å²) in [6.45, 7) is 6.21. The van der Waals surface area contributed by atoms with Crippen LogP contribution in [-0.2, 0) is 4.79 Å². The number of hydrogen-bond donors (Lipinski definition) is 2. The number of rotatable bonds is 4. The highest BCUT2D eigenvalue weighted by Gasteiger charge is 2.32. The molecule has 0 aromatic rings. The van der Waals surface area contributed by atoms with Gasteiger partial charge >= 0.3 is 0 Å². The topological polar surface area (TPSA) is 41.1 Å². The molecule has 2 rings (SSSR count). The quantitative estimate of drug-likeness (QED) is 0.803. The van der Waals surface area contributed by atoms with Crippen LogP contribution >= 0.6 is 11.8 Å². The average Bonchev–Trinajstić information content (AvgIpc) is 2.88. The van der Waals surface area contributed by atoms with E-state index in [1.54, 1.807) is 0 Å². The van der Waals surface area contributed by atoms with E-state index in [0.717, 1.165) is 24.8 Å². The molecule has 2 fully saturated rings. The van der Waals surface area contributed by atoms with Crippen molar-refractivity contribution in [3.63, 3.8) is 0 Å². The molecule has 2 N–H and O–H groups in total. The molecule has 0 bridgehead atoms. The van der Waals surface area contributed by atoms with Gasteiger partial charge in [0, 0.05) is 17.8 Å². The predicted octanol–water partition coefficient (Wildman–Crippen LogP) is 1.63. The van der Waals surface area contributed by atoms with Crippen molar-refractivity contribution in [2.45, 2.75) is 44.4 Å². The standard InChI is InChI=1S/C13H24N2OS/c1-3-17-11-5-4-10(6-11)15-13(16)12-8-14-7-9(12)2/h9-12,14H,3-8H2,1-2H3,(H,15,16)/t9-,10?,11?,12-/m1/s1. The van der Waals surface area contributed by atoms with Crippen molar-refractivity contribution in [2.24, 2.45) is 11.8 Å². The molecule has 3 nitrogen and oxygen atoms in total. The number of nitrogens with one attached hydrogen (secondary N) is 2. The van der Waals surface area contributed by atoms with Crippen LogP contribution in [0.1, 0.15) is 33.1 Å². The Bertz CT molecular complexity index is 272. The molecule has 1 saturated carbocycles. The van der Waals surface area contributed by atoms with E-state index in [1.807, 2.05) is 11.8 Å².